The molecule has 1 atom stereocenters. The topological polar surface area (TPSA) is 43.7 Å². The van der Waals surface area contributed by atoms with Crippen LogP contribution in [0.25, 0.3) is 11.1 Å². The van der Waals surface area contributed by atoms with Gasteiger partial charge in [-0.3, -0.25) is 4.90 Å². The zero-order valence-corrected chi connectivity index (χ0v) is 12.5. The Bertz CT molecular complexity index is 653. The van der Waals surface area contributed by atoms with E-state index in [0.717, 1.165) is 13.1 Å². The number of fused-ring (bicyclic) bond motifs is 3. The molecule has 21 heavy (non-hydrogen) atoms. The average molecular weight is 281 g/mol. The van der Waals surface area contributed by atoms with E-state index in [4.69, 9.17) is 0 Å². The van der Waals surface area contributed by atoms with Gasteiger partial charge in [0.2, 0.25) is 0 Å². The van der Waals surface area contributed by atoms with E-state index in [9.17, 15) is 10.0 Å². The van der Waals surface area contributed by atoms with Crippen molar-refractivity contribution >= 4 is 12.6 Å². The van der Waals surface area contributed by atoms with Crippen LogP contribution in [0.15, 0.2) is 42.5 Å². The smallest absolute Gasteiger partial charge is 0.423 e. The number of nitrogens with zero attached hydrogens (tertiary/aromatic N) is 1. The molecule has 0 radical (unpaired) electrons. The highest BCUT2D eigenvalue weighted by Crippen LogP contribution is 2.45. The highest BCUT2D eigenvalue weighted by Gasteiger charge is 2.32. The second-order valence-electron chi connectivity index (χ2n) is 5.43. The van der Waals surface area contributed by atoms with Gasteiger partial charge in [-0.15, -0.1) is 0 Å². The SMILES string of the molecule is CCN(CC)C1c2ccccc2-c2ccc(B(O)O)cc21. The average Bonchev–Trinajstić information content (AvgIpc) is 2.83. The summed E-state index contributed by atoms with van der Waals surface area (Å²) in [6, 6.07) is 14.4. The fraction of sp³-hybridized carbons (Fsp3) is 0.294. The van der Waals surface area contributed by atoms with E-state index >= 15 is 0 Å². The molecule has 0 bridgehead atoms. The molecule has 2 aromatic carbocycles. The molecule has 0 heterocycles. The minimum atomic E-state index is -1.42. The van der Waals surface area contributed by atoms with Crippen molar-refractivity contribution in [3.05, 3.63) is 53.6 Å². The fourth-order valence-electron chi connectivity index (χ4n) is 3.34. The van der Waals surface area contributed by atoms with Crippen molar-refractivity contribution in [2.24, 2.45) is 0 Å². The van der Waals surface area contributed by atoms with Crippen LogP contribution in [-0.4, -0.2) is 35.2 Å². The van der Waals surface area contributed by atoms with Gasteiger partial charge in [0.15, 0.2) is 0 Å². The molecule has 4 heteroatoms. The lowest BCUT2D eigenvalue weighted by atomic mass is 9.78. The molecule has 3 rings (SSSR count). The van der Waals surface area contributed by atoms with Crippen LogP contribution in [0.4, 0.5) is 0 Å². The van der Waals surface area contributed by atoms with E-state index in [0.29, 0.717) is 5.46 Å². The van der Waals surface area contributed by atoms with Crippen molar-refractivity contribution in [3.8, 4) is 11.1 Å². The standard InChI is InChI=1S/C17H20BNO2/c1-3-19(4-2)17-15-8-6-5-7-13(15)14-10-9-12(18(20)21)11-16(14)17/h5-11,17,20-21H,3-4H2,1-2H3. The Morgan fingerprint density at radius 1 is 0.952 bits per heavy atom. The summed E-state index contributed by atoms with van der Waals surface area (Å²) in [6.45, 7) is 6.24. The first kappa shape index (κ1) is 14.3. The number of hydrogen-bond donors (Lipinski definition) is 2. The molecule has 2 aromatic rings. The molecule has 0 saturated carbocycles. The van der Waals surface area contributed by atoms with Crippen LogP contribution in [0.3, 0.4) is 0 Å². The van der Waals surface area contributed by atoms with E-state index in [-0.39, 0.29) is 6.04 Å². The molecule has 0 amide bonds. The molecule has 0 aliphatic heterocycles. The second kappa shape index (κ2) is 5.64. The Hall–Kier alpha value is -1.62. The quantitative estimate of drug-likeness (QED) is 0.840. The summed E-state index contributed by atoms with van der Waals surface area (Å²) in [5.74, 6) is 0. The van der Waals surface area contributed by atoms with E-state index in [1.54, 1.807) is 6.07 Å². The Labute approximate surface area is 126 Å². The van der Waals surface area contributed by atoms with Crippen molar-refractivity contribution in [2.75, 3.05) is 13.1 Å². The number of hydrogen-bond acceptors (Lipinski definition) is 3. The van der Waals surface area contributed by atoms with Crippen LogP contribution in [0.1, 0.15) is 31.0 Å². The lowest BCUT2D eigenvalue weighted by Gasteiger charge is -2.28. The zero-order valence-electron chi connectivity index (χ0n) is 12.5. The number of benzene rings is 2. The van der Waals surface area contributed by atoms with Gasteiger partial charge in [0.05, 0.1) is 6.04 Å². The lowest BCUT2D eigenvalue weighted by Crippen LogP contribution is -2.32. The number of rotatable bonds is 4. The Balaban J connectivity index is 2.19. The van der Waals surface area contributed by atoms with Crippen LogP contribution < -0.4 is 5.46 Å². The van der Waals surface area contributed by atoms with Gasteiger partial charge in [0, 0.05) is 0 Å². The van der Waals surface area contributed by atoms with Crippen LogP contribution in [0, 0.1) is 0 Å². The Morgan fingerprint density at radius 3 is 2.29 bits per heavy atom. The summed E-state index contributed by atoms with van der Waals surface area (Å²) in [6.07, 6.45) is 0. The summed E-state index contributed by atoms with van der Waals surface area (Å²) in [5, 5.41) is 18.9. The molecule has 0 aromatic heterocycles. The minimum Gasteiger partial charge on any atom is -0.423 e. The first-order chi connectivity index (χ1) is 10.2. The highest BCUT2D eigenvalue weighted by atomic mass is 16.4. The van der Waals surface area contributed by atoms with Crippen molar-refractivity contribution in [1.82, 2.24) is 4.90 Å². The summed E-state index contributed by atoms with van der Waals surface area (Å²) in [7, 11) is -1.42. The van der Waals surface area contributed by atoms with Gasteiger partial charge in [0.25, 0.3) is 0 Å². The molecule has 0 spiro atoms. The molecular weight excluding hydrogens is 261 g/mol. The van der Waals surface area contributed by atoms with Gasteiger partial charge in [-0.05, 0) is 40.8 Å². The molecule has 108 valence electrons. The van der Waals surface area contributed by atoms with E-state index < -0.39 is 7.12 Å². The summed E-state index contributed by atoms with van der Waals surface area (Å²) < 4.78 is 0. The Morgan fingerprint density at radius 2 is 1.62 bits per heavy atom. The molecular formula is C17H20BNO2. The van der Waals surface area contributed by atoms with Crippen LogP contribution in [0.2, 0.25) is 0 Å². The van der Waals surface area contributed by atoms with Crippen LogP contribution in [-0.2, 0) is 0 Å². The highest BCUT2D eigenvalue weighted by molar-refractivity contribution is 6.58. The van der Waals surface area contributed by atoms with Crippen molar-refractivity contribution < 1.29 is 10.0 Å². The fourth-order valence-corrected chi connectivity index (χ4v) is 3.34. The first-order valence-corrected chi connectivity index (χ1v) is 7.50. The van der Waals surface area contributed by atoms with E-state index in [1.165, 1.54) is 22.3 Å². The zero-order chi connectivity index (χ0) is 15.0. The van der Waals surface area contributed by atoms with Gasteiger partial charge in [-0.2, -0.15) is 0 Å². The second-order valence-corrected chi connectivity index (χ2v) is 5.43. The molecule has 0 fully saturated rings. The largest absolute Gasteiger partial charge is 0.488 e. The monoisotopic (exact) mass is 281 g/mol. The predicted molar refractivity (Wildman–Crippen MR) is 86.5 cm³/mol. The van der Waals surface area contributed by atoms with Gasteiger partial charge in [-0.1, -0.05) is 56.3 Å². The first-order valence-electron chi connectivity index (χ1n) is 7.50. The normalized spacial score (nSPS) is 16.0. The summed E-state index contributed by atoms with van der Waals surface area (Å²) >= 11 is 0. The van der Waals surface area contributed by atoms with Gasteiger partial charge in [-0.25, -0.2) is 0 Å². The van der Waals surface area contributed by atoms with E-state index in [2.05, 4.69) is 43.0 Å². The van der Waals surface area contributed by atoms with Gasteiger partial charge >= 0.3 is 7.12 Å². The third-order valence-corrected chi connectivity index (χ3v) is 4.39. The molecule has 3 nitrogen and oxygen atoms in total. The molecule has 2 N–H and O–H groups in total. The summed E-state index contributed by atoms with van der Waals surface area (Å²) in [4.78, 5) is 2.40. The van der Waals surface area contributed by atoms with Crippen molar-refractivity contribution in [3.63, 3.8) is 0 Å². The maximum atomic E-state index is 9.45. The van der Waals surface area contributed by atoms with Crippen LogP contribution >= 0.6 is 0 Å². The van der Waals surface area contributed by atoms with Crippen LogP contribution in [0.5, 0.6) is 0 Å². The van der Waals surface area contributed by atoms with E-state index in [1.807, 2.05) is 12.1 Å². The van der Waals surface area contributed by atoms with Crippen molar-refractivity contribution in [2.45, 2.75) is 19.9 Å². The molecule has 1 unspecified atom stereocenters. The lowest BCUT2D eigenvalue weighted by molar-refractivity contribution is 0.254. The third-order valence-electron chi connectivity index (χ3n) is 4.39. The van der Waals surface area contributed by atoms with Crippen molar-refractivity contribution in [1.29, 1.82) is 0 Å². The Kier molecular flexibility index (Phi) is 3.85. The molecule has 1 aliphatic carbocycles. The van der Waals surface area contributed by atoms with Gasteiger partial charge < -0.3 is 10.0 Å². The minimum absolute atomic E-state index is 0.199. The maximum absolute atomic E-state index is 9.45. The third kappa shape index (κ3) is 2.29. The predicted octanol–water partition coefficient (Wildman–Crippen LogP) is 1.78. The molecule has 0 saturated heterocycles. The summed E-state index contributed by atoms with van der Waals surface area (Å²) in [5.41, 5.74) is 5.49. The van der Waals surface area contributed by atoms with Gasteiger partial charge in [0.1, 0.15) is 0 Å². The maximum Gasteiger partial charge on any atom is 0.488 e. The molecule has 1 aliphatic rings.